The lowest BCUT2D eigenvalue weighted by Gasteiger charge is -2.16. The number of anilines is 2. The van der Waals surface area contributed by atoms with Crippen LogP contribution in [0.3, 0.4) is 0 Å². The zero-order chi connectivity index (χ0) is 17.4. The number of hydrazone groups is 1. The molecule has 1 amide bonds. The van der Waals surface area contributed by atoms with Gasteiger partial charge in [0.1, 0.15) is 6.04 Å². The van der Waals surface area contributed by atoms with Gasteiger partial charge in [0.15, 0.2) is 0 Å². The number of nitrogens with one attached hydrogen (secondary N) is 2. The van der Waals surface area contributed by atoms with Crippen molar-refractivity contribution in [3.8, 4) is 0 Å². The van der Waals surface area contributed by atoms with Crippen LogP contribution in [0.2, 0.25) is 0 Å². The third kappa shape index (κ3) is 5.12. The van der Waals surface area contributed by atoms with Gasteiger partial charge < -0.3 is 10.2 Å². The van der Waals surface area contributed by atoms with E-state index >= 15 is 0 Å². The summed E-state index contributed by atoms with van der Waals surface area (Å²) in [6.45, 7) is 1.96. The van der Waals surface area contributed by atoms with Crippen molar-refractivity contribution in [3.05, 3.63) is 60.2 Å². The van der Waals surface area contributed by atoms with E-state index in [-0.39, 0.29) is 11.9 Å². The fraction of sp³-hybridized carbons (Fsp3) is 0.263. The zero-order valence-electron chi connectivity index (χ0n) is 14.4. The third-order valence-corrected chi connectivity index (χ3v) is 3.64. The maximum absolute atomic E-state index is 12.2. The molecule has 0 radical (unpaired) electrons. The standard InChI is InChI=1S/C19H24N4O/c1-4-18(21-16-8-6-5-7-9-16)19(24)22-20-14-15-10-12-17(13-11-15)23(2)3/h5-14,18,21H,4H2,1-3H3,(H,22,24)/b20-14+. The number of carbonyl (C=O) groups is 1. The van der Waals surface area contributed by atoms with Crippen LogP contribution in [0.15, 0.2) is 59.7 Å². The van der Waals surface area contributed by atoms with Crippen LogP contribution < -0.4 is 15.6 Å². The van der Waals surface area contributed by atoms with Gasteiger partial charge >= 0.3 is 0 Å². The summed E-state index contributed by atoms with van der Waals surface area (Å²) >= 11 is 0. The van der Waals surface area contributed by atoms with Gasteiger partial charge in [-0.1, -0.05) is 37.3 Å². The minimum atomic E-state index is -0.319. The lowest BCUT2D eigenvalue weighted by atomic mass is 10.2. The zero-order valence-corrected chi connectivity index (χ0v) is 14.4. The number of carbonyl (C=O) groups excluding carboxylic acids is 1. The van der Waals surface area contributed by atoms with Gasteiger partial charge in [-0.2, -0.15) is 5.10 Å². The van der Waals surface area contributed by atoms with Crippen LogP contribution in [-0.4, -0.2) is 32.3 Å². The number of amides is 1. The van der Waals surface area contributed by atoms with E-state index in [4.69, 9.17) is 0 Å². The van der Waals surface area contributed by atoms with Crippen LogP contribution in [0.4, 0.5) is 11.4 Å². The third-order valence-electron chi connectivity index (χ3n) is 3.64. The molecule has 0 saturated heterocycles. The number of nitrogens with zero attached hydrogens (tertiary/aromatic N) is 2. The maximum Gasteiger partial charge on any atom is 0.262 e. The quantitative estimate of drug-likeness (QED) is 0.608. The number of hydrogen-bond acceptors (Lipinski definition) is 4. The molecule has 0 aromatic heterocycles. The van der Waals surface area contributed by atoms with E-state index in [2.05, 4.69) is 15.8 Å². The highest BCUT2D eigenvalue weighted by molar-refractivity contribution is 5.86. The Morgan fingerprint density at radius 3 is 2.38 bits per heavy atom. The van der Waals surface area contributed by atoms with Crippen molar-refractivity contribution in [2.45, 2.75) is 19.4 Å². The first-order valence-electron chi connectivity index (χ1n) is 8.02. The van der Waals surface area contributed by atoms with E-state index in [0.717, 1.165) is 16.9 Å². The number of hydrogen-bond donors (Lipinski definition) is 2. The molecule has 2 rings (SSSR count). The molecule has 0 saturated carbocycles. The second-order valence-corrected chi connectivity index (χ2v) is 5.69. The number of para-hydroxylation sites is 1. The fourth-order valence-electron chi connectivity index (χ4n) is 2.20. The molecule has 2 N–H and O–H groups in total. The Morgan fingerprint density at radius 2 is 1.79 bits per heavy atom. The van der Waals surface area contributed by atoms with E-state index in [1.165, 1.54) is 0 Å². The molecule has 0 aliphatic heterocycles. The molecule has 1 atom stereocenters. The predicted octanol–water partition coefficient (Wildman–Crippen LogP) is 3.09. The Morgan fingerprint density at radius 1 is 1.12 bits per heavy atom. The second kappa shape index (κ2) is 8.72. The van der Waals surface area contributed by atoms with Crippen molar-refractivity contribution < 1.29 is 4.79 Å². The molecule has 5 heteroatoms. The lowest BCUT2D eigenvalue weighted by Crippen LogP contribution is -2.36. The van der Waals surface area contributed by atoms with E-state index in [0.29, 0.717) is 6.42 Å². The van der Waals surface area contributed by atoms with Crippen molar-refractivity contribution >= 4 is 23.5 Å². The Hall–Kier alpha value is -2.82. The summed E-state index contributed by atoms with van der Waals surface area (Å²) in [6.07, 6.45) is 2.32. The fourth-order valence-corrected chi connectivity index (χ4v) is 2.20. The van der Waals surface area contributed by atoms with Crippen LogP contribution in [0.5, 0.6) is 0 Å². The minimum absolute atomic E-state index is 0.150. The normalized spacial score (nSPS) is 12.0. The summed E-state index contributed by atoms with van der Waals surface area (Å²) in [6, 6.07) is 17.3. The molecular formula is C19H24N4O. The van der Waals surface area contributed by atoms with Crippen LogP contribution in [-0.2, 0) is 4.79 Å². The largest absolute Gasteiger partial charge is 0.378 e. The van der Waals surface area contributed by atoms with E-state index in [1.807, 2.05) is 80.5 Å². The first-order chi connectivity index (χ1) is 11.6. The summed E-state index contributed by atoms with van der Waals surface area (Å²) in [5.41, 5.74) is 5.57. The minimum Gasteiger partial charge on any atom is -0.378 e. The molecule has 1 unspecified atom stereocenters. The van der Waals surface area contributed by atoms with E-state index < -0.39 is 0 Å². The van der Waals surface area contributed by atoms with Crippen molar-refractivity contribution in [1.29, 1.82) is 0 Å². The van der Waals surface area contributed by atoms with Crippen LogP contribution in [0.25, 0.3) is 0 Å². The molecular weight excluding hydrogens is 300 g/mol. The molecule has 2 aromatic rings. The summed E-state index contributed by atoms with van der Waals surface area (Å²) in [7, 11) is 3.99. The molecule has 2 aromatic carbocycles. The van der Waals surface area contributed by atoms with Crippen LogP contribution >= 0.6 is 0 Å². The topological polar surface area (TPSA) is 56.7 Å². The highest BCUT2D eigenvalue weighted by Crippen LogP contribution is 2.11. The van der Waals surface area contributed by atoms with Crippen LogP contribution in [0.1, 0.15) is 18.9 Å². The van der Waals surface area contributed by atoms with E-state index in [1.54, 1.807) is 6.21 Å². The van der Waals surface area contributed by atoms with Gasteiger partial charge in [-0.15, -0.1) is 0 Å². The number of benzene rings is 2. The molecule has 0 aliphatic rings. The highest BCUT2D eigenvalue weighted by atomic mass is 16.2. The molecule has 5 nitrogen and oxygen atoms in total. The summed E-state index contributed by atoms with van der Waals surface area (Å²) < 4.78 is 0. The monoisotopic (exact) mass is 324 g/mol. The van der Waals surface area contributed by atoms with Crippen molar-refractivity contribution in [3.63, 3.8) is 0 Å². The van der Waals surface area contributed by atoms with Gasteiger partial charge in [0, 0.05) is 25.5 Å². The summed E-state index contributed by atoms with van der Waals surface area (Å²) in [4.78, 5) is 14.2. The SMILES string of the molecule is CCC(Nc1ccccc1)C(=O)N/N=C/c1ccc(N(C)C)cc1. The molecule has 0 bridgehead atoms. The first-order valence-corrected chi connectivity index (χ1v) is 8.02. The maximum atomic E-state index is 12.2. The van der Waals surface area contributed by atoms with Crippen molar-refractivity contribution in [2.24, 2.45) is 5.10 Å². The second-order valence-electron chi connectivity index (χ2n) is 5.69. The Kier molecular flexibility index (Phi) is 6.37. The van der Waals surface area contributed by atoms with Gasteiger partial charge in [0.2, 0.25) is 0 Å². The Labute approximate surface area is 143 Å². The van der Waals surface area contributed by atoms with E-state index in [9.17, 15) is 4.79 Å². The molecule has 0 fully saturated rings. The average Bonchev–Trinajstić information content (AvgIpc) is 2.61. The average molecular weight is 324 g/mol. The predicted molar refractivity (Wildman–Crippen MR) is 101 cm³/mol. The molecule has 0 heterocycles. The van der Waals surface area contributed by atoms with Gasteiger partial charge in [0.05, 0.1) is 6.21 Å². The Bertz CT molecular complexity index is 666. The summed E-state index contributed by atoms with van der Waals surface area (Å²) in [5, 5.41) is 7.25. The molecule has 0 spiro atoms. The summed E-state index contributed by atoms with van der Waals surface area (Å²) in [5.74, 6) is -0.150. The van der Waals surface area contributed by atoms with Gasteiger partial charge in [-0.3, -0.25) is 4.79 Å². The van der Waals surface area contributed by atoms with Crippen molar-refractivity contribution in [1.82, 2.24) is 5.43 Å². The lowest BCUT2D eigenvalue weighted by molar-refractivity contribution is -0.121. The van der Waals surface area contributed by atoms with Gasteiger partial charge in [0.25, 0.3) is 5.91 Å². The van der Waals surface area contributed by atoms with Crippen molar-refractivity contribution in [2.75, 3.05) is 24.3 Å². The van der Waals surface area contributed by atoms with Gasteiger partial charge in [-0.05, 0) is 36.2 Å². The molecule has 0 aliphatic carbocycles. The number of rotatable bonds is 7. The van der Waals surface area contributed by atoms with Gasteiger partial charge in [-0.25, -0.2) is 5.43 Å². The molecule has 126 valence electrons. The smallest absolute Gasteiger partial charge is 0.262 e. The molecule has 24 heavy (non-hydrogen) atoms. The first kappa shape index (κ1) is 17.5. The van der Waals surface area contributed by atoms with Crippen LogP contribution in [0, 0.1) is 0 Å². The highest BCUT2D eigenvalue weighted by Gasteiger charge is 2.15. The Balaban J connectivity index is 1.90.